The van der Waals surface area contributed by atoms with Crippen LogP contribution in [0, 0.1) is 11.8 Å². The van der Waals surface area contributed by atoms with Gasteiger partial charge in [-0.3, -0.25) is 4.79 Å². The van der Waals surface area contributed by atoms with E-state index in [9.17, 15) is 4.79 Å². The lowest BCUT2D eigenvalue weighted by Crippen LogP contribution is -2.49. The zero-order valence-electron chi connectivity index (χ0n) is 16.1. The number of pyridine rings is 2. The molecule has 0 unspecified atom stereocenters. The third-order valence-corrected chi connectivity index (χ3v) is 5.43. The number of amides is 1. The molecule has 1 aliphatic heterocycles. The predicted octanol–water partition coefficient (Wildman–Crippen LogP) is 4.15. The van der Waals surface area contributed by atoms with Crippen LogP contribution in [0.15, 0.2) is 60.9 Å². The van der Waals surface area contributed by atoms with Crippen LogP contribution in [0.3, 0.4) is 0 Å². The first-order valence-electron chi connectivity index (χ1n) is 9.49. The van der Waals surface area contributed by atoms with E-state index in [0.717, 1.165) is 5.82 Å². The van der Waals surface area contributed by atoms with Crippen molar-refractivity contribution < 1.29 is 4.79 Å². The summed E-state index contributed by atoms with van der Waals surface area (Å²) in [5.41, 5.74) is 1.82. The van der Waals surface area contributed by atoms with Crippen LogP contribution in [-0.4, -0.2) is 47.0 Å². The average molecular weight is 437 g/mol. The first-order valence-corrected chi connectivity index (χ1v) is 10.2. The van der Waals surface area contributed by atoms with Gasteiger partial charge in [-0.05, 0) is 48.4 Å². The number of carbonyl (C=O) groups excluding carboxylic acids is 1. The van der Waals surface area contributed by atoms with E-state index in [-0.39, 0.29) is 5.91 Å². The van der Waals surface area contributed by atoms with Crippen molar-refractivity contribution in [3.63, 3.8) is 0 Å². The van der Waals surface area contributed by atoms with Crippen molar-refractivity contribution in [2.45, 2.75) is 0 Å². The number of anilines is 1. The second-order valence-electron chi connectivity index (χ2n) is 6.75. The monoisotopic (exact) mass is 436 g/mol. The molecule has 30 heavy (non-hydrogen) atoms. The van der Waals surface area contributed by atoms with Gasteiger partial charge in [0.25, 0.3) is 5.91 Å². The van der Waals surface area contributed by atoms with Crippen LogP contribution in [0.5, 0.6) is 0 Å². The Hall–Kier alpha value is -3.07. The van der Waals surface area contributed by atoms with Crippen molar-refractivity contribution in [1.29, 1.82) is 0 Å². The Balaban J connectivity index is 1.47. The molecule has 0 atom stereocenters. The number of rotatable bonds is 2. The Morgan fingerprint density at radius 1 is 0.867 bits per heavy atom. The van der Waals surface area contributed by atoms with E-state index < -0.39 is 0 Å². The highest BCUT2D eigenvalue weighted by molar-refractivity contribution is 6.33. The van der Waals surface area contributed by atoms with Crippen LogP contribution in [0.2, 0.25) is 10.0 Å². The second-order valence-corrected chi connectivity index (χ2v) is 7.56. The molecule has 0 radical (unpaired) electrons. The summed E-state index contributed by atoms with van der Waals surface area (Å²) in [6.45, 7) is 2.51. The molecule has 1 aromatic carbocycles. The first-order chi connectivity index (χ1) is 14.6. The molecule has 1 aliphatic rings. The largest absolute Gasteiger partial charge is 0.352 e. The minimum absolute atomic E-state index is 0.0423. The van der Waals surface area contributed by atoms with E-state index in [4.69, 9.17) is 23.2 Å². The van der Waals surface area contributed by atoms with Gasteiger partial charge in [-0.15, -0.1) is 0 Å². The highest BCUT2D eigenvalue weighted by Gasteiger charge is 2.24. The maximum absolute atomic E-state index is 13.0. The molecule has 0 spiro atoms. The fraction of sp³-hybridized carbons (Fsp3) is 0.174. The number of hydrogen-bond acceptors (Lipinski definition) is 4. The molecule has 7 heteroatoms. The Kier molecular flexibility index (Phi) is 6.18. The van der Waals surface area contributed by atoms with Crippen molar-refractivity contribution in [3.05, 3.63) is 87.8 Å². The number of piperazine rings is 1. The maximum Gasteiger partial charge on any atom is 0.254 e. The number of halogens is 2. The maximum atomic E-state index is 13.0. The number of nitrogens with zero attached hydrogens (tertiary/aromatic N) is 4. The molecule has 0 aliphatic carbocycles. The third kappa shape index (κ3) is 4.56. The molecule has 2 aromatic heterocycles. The Morgan fingerprint density at radius 2 is 1.67 bits per heavy atom. The summed E-state index contributed by atoms with van der Waals surface area (Å²) in [5, 5.41) is 1.12. The molecule has 0 bridgehead atoms. The molecule has 1 fully saturated rings. The Morgan fingerprint density at radius 3 is 2.40 bits per heavy atom. The standard InChI is InChI=1S/C23H18Cl2N4O/c24-20-9-7-18(16-17(20)6-8-19-4-1-2-10-26-19)23(30)29-14-12-28(13-15-29)22-21(25)5-3-11-27-22/h1-5,7,9-11,16H,12-15H2. The molecular formula is C23H18Cl2N4O. The molecule has 1 saturated heterocycles. The first kappa shape index (κ1) is 20.2. The SMILES string of the molecule is O=C(c1ccc(Cl)c(C#Cc2ccccn2)c1)N1CCN(c2ncccc2Cl)CC1. The van der Waals surface area contributed by atoms with Crippen molar-refractivity contribution in [2.24, 2.45) is 0 Å². The summed E-state index contributed by atoms with van der Waals surface area (Å²) in [6, 6.07) is 14.3. The lowest BCUT2D eigenvalue weighted by atomic mass is 10.1. The summed E-state index contributed by atoms with van der Waals surface area (Å²) in [4.78, 5) is 25.5. The van der Waals surface area contributed by atoms with Crippen LogP contribution in [0.4, 0.5) is 5.82 Å². The Labute approximate surface area is 185 Å². The van der Waals surface area contributed by atoms with Gasteiger partial charge in [0.05, 0.1) is 10.0 Å². The molecule has 3 heterocycles. The lowest BCUT2D eigenvalue weighted by molar-refractivity contribution is 0.0746. The molecule has 5 nitrogen and oxygen atoms in total. The van der Waals surface area contributed by atoms with Gasteiger partial charge in [0, 0.05) is 49.7 Å². The van der Waals surface area contributed by atoms with Gasteiger partial charge < -0.3 is 9.80 Å². The number of hydrogen-bond donors (Lipinski definition) is 0. The van der Waals surface area contributed by atoms with Crippen molar-refractivity contribution >= 4 is 34.9 Å². The molecule has 4 rings (SSSR count). The van der Waals surface area contributed by atoms with Gasteiger partial charge >= 0.3 is 0 Å². The van der Waals surface area contributed by atoms with E-state index >= 15 is 0 Å². The predicted molar refractivity (Wildman–Crippen MR) is 119 cm³/mol. The minimum atomic E-state index is -0.0423. The van der Waals surface area contributed by atoms with Crippen LogP contribution in [0.25, 0.3) is 0 Å². The topological polar surface area (TPSA) is 49.3 Å². The number of carbonyl (C=O) groups is 1. The van der Waals surface area contributed by atoms with Gasteiger partial charge in [-0.25, -0.2) is 9.97 Å². The quantitative estimate of drug-likeness (QED) is 0.566. The fourth-order valence-electron chi connectivity index (χ4n) is 3.24. The van der Waals surface area contributed by atoms with Gasteiger partial charge in [0.1, 0.15) is 11.5 Å². The molecule has 0 saturated carbocycles. The minimum Gasteiger partial charge on any atom is -0.352 e. The van der Waals surface area contributed by atoms with Crippen LogP contribution >= 0.6 is 23.2 Å². The van der Waals surface area contributed by atoms with E-state index in [2.05, 4.69) is 26.7 Å². The lowest BCUT2D eigenvalue weighted by Gasteiger charge is -2.35. The van der Waals surface area contributed by atoms with E-state index in [0.29, 0.717) is 53.0 Å². The summed E-state index contributed by atoms with van der Waals surface area (Å²) >= 11 is 12.5. The zero-order valence-corrected chi connectivity index (χ0v) is 17.6. The summed E-state index contributed by atoms with van der Waals surface area (Å²) in [5.74, 6) is 6.71. The van der Waals surface area contributed by atoms with Gasteiger partial charge in [-0.2, -0.15) is 0 Å². The molecular weight excluding hydrogens is 419 g/mol. The van der Waals surface area contributed by atoms with E-state index in [1.54, 1.807) is 36.7 Å². The van der Waals surface area contributed by atoms with Gasteiger partial charge in [0.2, 0.25) is 0 Å². The third-order valence-electron chi connectivity index (χ3n) is 4.81. The molecule has 3 aromatic rings. The summed E-state index contributed by atoms with van der Waals surface area (Å²) in [6.07, 6.45) is 3.41. The second kappa shape index (κ2) is 9.17. The molecule has 0 N–H and O–H groups in total. The van der Waals surface area contributed by atoms with Crippen molar-refractivity contribution in [2.75, 3.05) is 31.1 Å². The van der Waals surface area contributed by atoms with E-state index in [1.807, 2.05) is 29.2 Å². The van der Waals surface area contributed by atoms with E-state index in [1.165, 1.54) is 0 Å². The highest BCUT2D eigenvalue weighted by Crippen LogP contribution is 2.24. The summed E-state index contributed by atoms with van der Waals surface area (Å²) in [7, 11) is 0. The van der Waals surface area contributed by atoms with Gasteiger partial charge in [-0.1, -0.05) is 35.2 Å². The number of aromatic nitrogens is 2. The van der Waals surface area contributed by atoms with Crippen LogP contribution in [0.1, 0.15) is 21.6 Å². The van der Waals surface area contributed by atoms with Crippen LogP contribution in [-0.2, 0) is 0 Å². The molecule has 150 valence electrons. The van der Waals surface area contributed by atoms with Crippen molar-refractivity contribution in [1.82, 2.24) is 14.9 Å². The Bertz CT molecular complexity index is 1120. The normalized spacial score (nSPS) is 13.5. The van der Waals surface area contributed by atoms with Crippen LogP contribution < -0.4 is 4.90 Å². The van der Waals surface area contributed by atoms with Gasteiger partial charge in [0.15, 0.2) is 0 Å². The van der Waals surface area contributed by atoms with Crippen molar-refractivity contribution in [3.8, 4) is 11.8 Å². The summed E-state index contributed by atoms with van der Waals surface area (Å²) < 4.78 is 0. The smallest absolute Gasteiger partial charge is 0.254 e. The zero-order chi connectivity index (χ0) is 20.9. The average Bonchev–Trinajstić information content (AvgIpc) is 2.79. The highest BCUT2D eigenvalue weighted by atomic mass is 35.5. The number of benzene rings is 1. The fourth-order valence-corrected chi connectivity index (χ4v) is 3.64. The molecule has 1 amide bonds.